The number of anilines is 9. The van der Waals surface area contributed by atoms with Crippen molar-refractivity contribution in [2.24, 2.45) is 0 Å². The van der Waals surface area contributed by atoms with E-state index in [1.54, 1.807) is 0 Å². The van der Waals surface area contributed by atoms with E-state index in [0.29, 0.717) is 0 Å². The van der Waals surface area contributed by atoms with Gasteiger partial charge in [-0.1, -0.05) is 169 Å². The van der Waals surface area contributed by atoms with Crippen molar-refractivity contribution < 1.29 is 0 Å². The van der Waals surface area contributed by atoms with Gasteiger partial charge >= 0.3 is 0 Å². The van der Waals surface area contributed by atoms with Crippen LogP contribution in [-0.4, -0.2) is 11.1 Å². The Morgan fingerprint density at radius 1 is 0.414 bits per heavy atom. The normalized spacial score (nSPS) is 13.0. The number of aromatic nitrogens is 1. The Bertz CT molecular complexity index is 3490. The fraction of sp³-hybridized carbons (Fsp3) is 0.138. The lowest BCUT2D eigenvalue weighted by molar-refractivity contribution is 0.590. The number of rotatable bonds is 7. The van der Waals surface area contributed by atoms with E-state index in [4.69, 9.17) is 0 Å². The maximum absolute atomic E-state index is 2.53. The summed E-state index contributed by atoms with van der Waals surface area (Å²) in [5, 5.41) is 0. The molecule has 2 aliphatic heterocycles. The van der Waals surface area contributed by atoms with Crippen LogP contribution in [0.3, 0.4) is 0 Å². The molecule has 4 nitrogen and oxygen atoms in total. The van der Waals surface area contributed by atoms with Crippen LogP contribution in [0, 0.1) is 6.92 Å². The molecule has 0 saturated heterocycles. The Balaban J connectivity index is 1.15. The third-order valence-electron chi connectivity index (χ3n) is 14.5. The minimum atomic E-state index is -0.0705. The highest BCUT2D eigenvalue weighted by atomic mass is 15.2. The van der Waals surface area contributed by atoms with Gasteiger partial charge in [0.15, 0.2) is 0 Å². The van der Waals surface area contributed by atoms with Crippen LogP contribution in [0.4, 0.5) is 51.3 Å². The third-order valence-corrected chi connectivity index (χ3v) is 14.5. The van der Waals surface area contributed by atoms with Crippen molar-refractivity contribution in [2.45, 2.75) is 59.3 Å². The van der Waals surface area contributed by atoms with Crippen LogP contribution in [0.2, 0.25) is 0 Å². The van der Waals surface area contributed by atoms with Crippen molar-refractivity contribution >= 4 is 79.9 Å². The summed E-state index contributed by atoms with van der Waals surface area (Å²) in [6, 6.07) is 79.0. The second kappa shape index (κ2) is 16.6. The molecule has 0 bridgehead atoms. The minimum Gasteiger partial charge on any atom is -0.311 e. The van der Waals surface area contributed by atoms with Gasteiger partial charge in [0, 0.05) is 57.3 Å². The van der Waals surface area contributed by atoms with E-state index in [-0.39, 0.29) is 17.5 Å². The van der Waals surface area contributed by atoms with Crippen molar-refractivity contribution in [1.29, 1.82) is 0 Å². The fourth-order valence-corrected chi connectivity index (χ4v) is 11.0. The average molecular weight is 905 g/mol. The second-order valence-corrected chi connectivity index (χ2v) is 21.2. The topological polar surface area (TPSA) is 14.1 Å². The lowest BCUT2D eigenvalue weighted by Crippen LogP contribution is -2.61. The summed E-state index contributed by atoms with van der Waals surface area (Å²) in [4.78, 5) is 7.49. The van der Waals surface area contributed by atoms with Gasteiger partial charge in [-0.15, -0.1) is 0 Å². The molecule has 340 valence electrons. The zero-order chi connectivity index (χ0) is 47.9. The van der Waals surface area contributed by atoms with Crippen molar-refractivity contribution in [3.8, 4) is 22.3 Å². The van der Waals surface area contributed by atoms with Gasteiger partial charge in [0.1, 0.15) is 5.82 Å². The standard InChI is InChI=1S/C65H57BN4/c1-44-38-60-62-61(39-44)70(51-26-18-11-19-27-51)63-57(42-58-55(46-22-14-9-15-23-46)40-47(43-67(58)63)45-20-12-8-13-21-45)66(62)56-37-36-54(41-59(56)69(60)50-24-16-10-17-25-50)68(52-32-28-48(29-33-52)64(2,3)4)53-34-30-49(31-35-53)65(5,6)7/h8-43H,1-7H3. The van der Waals surface area contributed by atoms with Crippen molar-refractivity contribution in [3.05, 3.63) is 235 Å². The zero-order valence-electron chi connectivity index (χ0n) is 41.2. The first-order valence-corrected chi connectivity index (χ1v) is 24.7. The molecular formula is C65H57BN4. The van der Waals surface area contributed by atoms with Gasteiger partial charge in [0.05, 0.1) is 5.52 Å². The number of hydrogen-bond donors (Lipinski definition) is 0. The van der Waals surface area contributed by atoms with E-state index in [0.717, 1.165) is 34.3 Å². The molecule has 2 aliphatic rings. The Morgan fingerprint density at radius 3 is 1.44 bits per heavy atom. The highest BCUT2D eigenvalue weighted by Gasteiger charge is 2.45. The molecule has 0 aliphatic carbocycles. The SMILES string of the molecule is Cc1cc2c3c(c1)N(c1ccccc1)c1c(cc4c(-c5ccccc5)cc(-c5ccccc5)cn14)B3c1ccc(N(c3ccc(C(C)(C)C)cc3)c3ccc(C(C)(C)C)cc3)cc1N2c1ccccc1. The lowest BCUT2D eigenvalue weighted by Gasteiger charge is -2.43. The van der Waals surface area contributed by atoms with E-state index in [2.05, 4.69) is 286 Å². The molecule has 5 heteroatoms. The molecule has 12 rings (SSSR count). The first-order valence-electron chi connectivity index (χ1n) is 24.7. The summed E-state index contributed by atoms with van der Waals surface area (Å²) in [6.45, 7) is 15.9. The van der Waals surface area contributed by atoms with Crippen molar-refractivity contribution in [3.63, 3.8) is 0 Å². The second-order valence-electron chi connectivity index (χ2n) is 21.2. The van der Waals surface area contributed by atoms with Gasteiger partial charge in [-0.05, 0) is 152 Å². The quantitative estimate of drug-likeness (QED) is 0.148. The number of hydrogen-bond acceptors (Lipinski definition) is 3. The molecule has 70 heavy (non-hydrogen) atoms. The van der Waals surface area contributed by atoms with E-state index in [1.807, 2.05) is 0 Å². The molecule has 10 aromatic rings. The van der Waals surface area contributed by atoms with Gasteiger partial charge < -0.3 is 14.2 Å². The molecule has 8 aromatic carbocycles. The van der Waals surface area contributed by atoms with Crippen molar-refractivity contribution in [2.75, 3.05) is 14.7 Å². The number of aryl methyl sites for hydroxylation is 1. The number of nitrogens with zero attached hydrogens (tertiary/aromatic N) is 4. The van der Waals surface area contributed by atoms with Crippen LogP contribution < -0.4 is 31.1 Å². The monoisotopic (exact) mass is 904 g/mol. The fourth-order valence-electron chi connectivity index (χ4n) is 11.0. The van der Waals surface area contributed by atoms with Gasteiger partial charge in [-0.2, -0.15) is 0 Å². The van der Waals surface area contributed by atoms with Crippen LogP contribution in [-0.2, 0) is 10.8 Å². The Morgan fingerprint density at radius 2 is 0.900 bits per heavy atom. The molecule has 4 heterocycles. The summed E-state index contributed by atoms with van der Waals surface area (Å²) in [6.07, 6.45) is 2.37. The molecule has 0 saturated carbocycles. The summed E-state index contributed by atoms with van der Waals surface area (Å²) in [5.41, 5.74) is 22.8. The minimum absolute atomic E-state index is 0.0356. The largest absolute Gasteiger partial charge is 0.311 e. The van der Waals surface area contributed by atoms with Crippen LogP contribution in [0.25, 0.3) is 27.8 Å². The maximum atomic E-state index is 2.53. The molecule has 0 unspecified atom stereocenters. The van der Waals surface area contributed by atoms with E-state index < -0.39 is 0 Å². The average Bonchev–Trinajstić information content (AvgIpc) is 3.76. The number of para-hydroxylation sites is 2. The van der Waals surface area contributed by atoms with Gasteiger partial charge in [-0.25, -0.2) is 0 Å². The van der Waals surface area contributed by atoms with Crippen LogP contribution in [0.15, 0.2) is 219 Å². The summed E-state index contributed by atoms with van der Waals surface area (Å²) < 4.78 is 2.49. The number of pyridine rings is 1. The first-order chi connectivity index (χ1) is 33.9. The Kier molecular flexibility index (Phi) is 10.3. The summed E-state index contributed by atoms with van der Waals surface area (Å²) >= 11 is 0. The van der Waals surface area contributed by atoms with Crippen LogP contribution in [0.5, 0.6) is 0 Å². The Labute approximate surface area is 413 Å². The zero-order valence-corrected chi connectivity index (χ0v) is 41.2. The lowest BCUT2D eigenvalue weighted by atomic mass is 9.34. The van der Waals surface area contributed by atoms with Crippen molar-refractivity contribution in [1.82, 2.24) is 4.40 Å². The summed E-state index contributed by atoms with van der Waals surface area (Å²) in [7, 11) is 0. The molecule has 0 amide bonds. The highest BCUT2D eigenvalue weighted by Crippen LogP contribution is 2.48. The smallest absolute Gasteiger partial charge is 0.254 e. The molecule has 0 radical (unpaired) electrons. The van der Waals surface area contributed by atoms with Crippen LogP contribution in [0.1, 0.15) is 58.2 Å². The predicted octanol–water partition coefficient (Wildman–Crippen LogP) is 15.7. The van der Waals surface area contributed by atoms with Gasteiger partial charge in [0.2, 0.25) is 0 Å². The summed E-state index contributed by atoms with van der Waals surface area (Å²) in [5.74, 6) is 1.16. The van der Waals surface area contributed by atoms with Gasteiger partial charge in [0.25, 0.3) is 6.71 Å². The van der Waals surface area contributed by atoms with Gasteiger partial charge in [-0.3, -0.25) is 4.90 Å². The number of fused-ring (bicyclic) bond motifs is 6. The Hall–Kier alpha value is -8.02. The molecule has 0 N–H and O–H groups in total. The van der Waals surface area contributed by atoms with Crippen LogP contribution >= 0.6 is 0 Å². The highest BCUT2D eigenvalue weighted by molar-refractivity contribution is 7.00. The van der Waals surface area contributed by atoms with E-state index in [9.17, 15) is 0 Å². The molecule has 0 fully saturated rings. The molecule has 0 atom stereocenters. The first kappa shape index (κ1) is 43.3. The molecular weight excluding hydrogens is 848 g/mol. The van der Waals surface area contributed by atoms with E-state index >= 15 is 0 Å². The predicted molar refractivity (Wildman–Crippen MR) is 299 cm³/mol. The third kappa shape index (κ3) is 7.31. The number of benzene rings is 8. The molecule has 0 spiro atoms. The maximum Gasteiger partial charge on any atom is 0.254 e. The molecule has 2 aromatic heterocycles. The van der Waals surface area contributed by atoms with E-state index in [1.165, 1.54) is 77.9 Å².